The van der Waals surface area contributed by atoms with E-state index in [2.05, 4.69) is 20.4 Å². The number of carbonyl (C=O) groups excluding carboxylic acids is 1. The molecule has 1 aromatic carbocycles. The van der Waals surface area contributed by atoms with Crippen LogP contribution in [-0.4, -0.2) is 44.5 Å². The Morgan fingerprint density at radius 1 is 1.17 bits per heavy atom. The molecule has 9 heteroatoms. The van der Waals surface area contributed by atoms with Crippen molar-refractivity contribution in [1.29, 1.82) is 0 Å². The molecule has 0 radical (unpaired) electrons. The monoisotopic (exact) mass is 403 g/mol. The van der Waals surface area contributed by atoms with Crippen LogP contribution in [0.25, 0.3) is 5.65 Å². The number of alkyl halides is 3. The van der Waals surface area contributed by atoms with Crippen molar-refractivity contribution in [3.63, 3.8) is 0 Å². The molecule has 29 heavy (non-hydrogen) atoms. The van der Waals surface area contributed by atoms with Crippen LogP contribution in [0.5, 0.6) is 0 Å². The first kappa shape index (κ1) is 19.4. The van der Waals surface area contributed by atoms with Crippen LogP contribution in [0.3, 0.4) is 0 Å². The number of amides is 1. The second-order valence-corrected chi connectivity index (χ2v) is 7.28. The molecule has 0 aliphatic carbocycles. The van der Waals surface area contributed by atoms with Crippen LogP contribution in [0.15, 0.2) is 42.6 Å². The fourth-order valence-electron chi connectivity index (χ4n) is 3.56. The zero-order valence-electron chi connectivity index (χ0n) is 15.8. The predicted octanol–water partition coefficient (Wildman–Crippen LogP) is 3.06. The van der Waals surface area contributed by atoms with Gasteiger partial charge in [0.25, 0.3) is 5.91 Å². The molecule has 3 aromatic rings. The highest BCUT2D eigenvalue weighted by Gasteiger charge is 2.30. The molecule has 1 atom stereocenters. The largest absolute Gasteiger partial charge is 0.416 e. The van der Waals surface area contributed by atoms with Crippen molar-refractivity contribution in [1.82, 2.24) is 24.8 Å². The van der Waals surface area contributed by atoms with E-state index in [9.17, 15) is 18.0 Å². The number of aryl methyl sites for hydroxylation is 1. The summed E-state index contributed by atoms with van der Waals surface area (Å²) in [7, 11) is 0. The third-order valence-electron chi connectivity index (χ3n) is 5.13. The van der Waals surface area contributed by atoms with Crippen molar-refractivity contribution >= 4 is 11.6 Å². The number of fused-ring (bicyclic) bond motifs is 1. The topological polar surface area (TPSA) is 62.5 Å². The summed E-state index contributed by atoms with van der Waals surface area (Å²) in [6.07, 6.45) is -1.81. The first-order valence-electron chi connectivity index (χ1n) is 9.30. The average molecular weight is 403 g/mol. The quantitative estimate of drug-likeness (QED) is 0.727. The van der Waals surface area contributed by atoms with E-state index < -0.39 is 11.7 Å². The molecular formula is C20H20F3N5O. The molecule has 0 spiro atoms. The number of pyridine rings is 1. The lowest BCUT2D eigenvalue weighted by molar-refractivity contribution is -0.137. The third kappa shape index (κ3) is 4.24. The van der Waals surface area contributed by atoms with Gasteiger partial charge in [-0.25, -0.2) is 0 Å². The maximum Gasteiger partial charge on any atom is 0.416 e. The van der Waals surface area contributed by atoms with Gasteiger partial charge in [0.1, 0.15) is 5.82 Å². The molecule has 3 heterocycles. The average Bonchev–Trinajstić information content (AvgIpc) is 3.27. The maximum absolute atomic E-state index is 12.7. The highest BCUT2D eigenvalue weighted by atomic mass is 19.4. The minimum absolute atomic E-state index is 0.00495. The number of carbonyl (C=O) groups is 1. The molecule has 0 saturated carbocycles. The first-order valence-corrected chi connectivity index (χ1v) is 9.30. The molecule has 6 nitrogen and oxygen atoms in total. The highest BCUT2D eigenvalue weighted by Crippen LogP contribution is 2.29. The van der Waals surface area contributed by atoms with Gasteiger partial charge in [0.15, 0.2) is 5.65 Å². The van der Waals surface area contributed by atoms with Gasteiger partial charge in [0.05, 0.1) is 11.1 Å². The Morgan fingerprint density at radius 2 is 1.93 bits per heavy atom. The fraction of sp³-hybridized carbons (Fsp3) is 0.350. The number of hydrogen-bond donors (Lipinski definition) is 1. The summed E-state index contributed by atoms with van der Waals surface area (Å²) in [4.78, 5) is 14.7. The van der Waals surface area contributed by atoms with Crippen LogP contribution in [0.4, 0.5) is 13.2 Å². The van der Waals surface area contributed by atoms with Gasteiger partial charge in [-0.2, -0.15) is 13.2 Å². The lowest BCUT2D eigenvalue weighted by atomic mass is 10.1. The summed E-state index contributed by atoms with van der Waals surface area (Å²) >= 11 is 0. The summed E-state index contributed by atoms with van der Waals surface area (Å²) in [5.74, 6) is 0.541. The van der Waals surface area contributed by atoms with E-state index >= 15 is 0 Å². The Balaban J connectivity index is 1.34. The molecule has 1 amide bonds. The Morgan fingerprint density at radius 3 is 2.66 bits per heavy atom. The predicted molar refractivity (Wildman–Crippen MR) is 100 cm³/mol. The van der Waals surface area contributed by atoms with Crippen LogP contribution >= 0.6 is 0 Å². The Hall–Kier alpha value is -2.94. The van der Waals surface area contributed by atoms with E-state index in [4.69, 9.17) is 0 Å². The first-order chi connectivity index (χ1) is 13.8. The van der Waals surface area contributed by atoms with Gasteiger partial charge in [0, 0.05) is 31.9 Å². The molecule has 1 aliphatic rings. The Bertz CT molecular complexity index is 1030. The molecule has 1 N–H and O–H groups in total. The summed E-state index contributed by atoms with van der Waals surface area (Å²) in [6.45, 7) is 3.80. The number of benzene rings is 1. The minimum atomic E-state index is -4.32. The molecule has 0 bridgehead atoms. The lowest BCUT2D eigenvalue weighted by Gasteiger charge is -2.17. The maximum atomic E-state index is 12.7. The van der Waals surface area contributed by atoms with Crippen LogP contribution in [0.1, 0.15) is 33.7 Å². The van der Waals surface area contributed by atoms with E-state index in [1.807, 2.05) is 6.92 Å². The van der Waals surface area contributed by atoms with Crippen LogP contribution in [-0.2, 0) is 12.7 Å². The van der Waals surface area contributed by atoms with Crippen LogP contribution in [0, 0.1) is 6.92 Å². The summed E-state index contributed by atoms with van der Waals surface area (Å²) in [5.41, 5.74) is 1.39. The Labute approximate surface area is 165 Å². The number of aromatic nitrogens is 3. The van der Waals surface area contributed by atoms with Gasteiger partial charge in [0.2, 0.25) is 0 Å². The van der Waals surface area contributed by atoms with Crippen molar-refractivity contribution in [2.24, 2.45) is 0 Å². The molecule has 2 aromatic heterocycles. The van der Waals surface area contributed by atoms with E-state index in [1.54, 1.807) is 22.7 Å². The molecule has 1 unspecified atom stereocenters. The molecule has 152 valence electrons. The molecule has 1 aliphatic heterocycles. The second-order valence-electron chi connectivity index (χ2n) is 7.28. The number of likely N-dealkylation sites (tertiary alicyclic amines) is 1. The van der Waals surface area contributed by atoms with E-state index in [-0.39, 0.29) is 11.9 Å². The third-order valence-corrected chi connectivity index (χ3v) is 5.13. The zero-order valence-corrected chi connectivity index (χ0v) is 15.8. The molecule has 1 fully saturated rings. The smallest absolute Gasteiger partial charge is 0.348 e. The molecule has 4 rings (SSSR count). The summed E-state index contributed by atoms with van der Waals surface area (Å²) in [6, 6.07) is 8.68. The number of nitrogens with zero attached hydrogens (tertiary/aromatic N) is 4. The lowest BCUT2D eigenvalue weighted by Crippen LogP contribution is -2.37. The molecule has 1 saturated heterocycles. The van der Waals surface area contributed by atoms with Crippen molar-refractivity contribution in [2.75, 3.05) is 13.1 Å². The summed E-state index contributed by atoms with van der Waals surface area (Å²) < 4.78 is 39.8. The SMILES string of the molecule is Cc1nnc2ccc(C(=O)NC3CCN(Cc4ccc(C(F)(F)F)cc4)C3)cn12. The van der Waals surface area contributed by atoms with Gasteiger partial charge in [-0.1, -0.05) is 12.1 Å². The van der Waals surface area contributed by atoms with E-state index in [1.165, 1.54) is 12.1 Å². The number of hydrogen-bond acceptors (Lipinski definition) is 4. The zero-order chi connectivity index (χ0) is 20.6. The minimum Gasteiger partial charge on any atom is -0.348 e. The standard InChI is InChI=1S/C20H20F3N5O/c1-13-25-26-18-7-4-15(11-28(13)18)19(29)24-17-8-9-27(12-17)10-14-2-5-16(6-3-14)20(21,22)23/h2-7,11,17H,8-10,12H2,1H3,(H,24,29). The van der Waals surface area contributed by atoms with Gasteiger partial charge in [-0.05, 0) is 43.2 Å². The van der Waals surface area contributed by atoms with Crippen molar-refractivity contribution in [3.8, 4) is 0 Å². The Kier molecular flexibility index (Phi) is 4.99. The van der Waals surface area contributed by atoms with Gasteiger partial charge in [-0.3, -0.25) is 14.1 Å². The van der Waals surface area contributed by atoms with E-state index in [0.29, 0.717) is 30.1 Å². The second kappa shape index (κ2) is 7.47. The van der Waals surface area contributed by atoms with Crippen LogP contribution in [0.2, 0.25) is 0 Å². The van der Waals surface area contributed by atoms with Crippen molar-refractivity contribution in [2.45, 2.75) is 32.1 Å². The normalized spacial score (nSPS) is 17.7. The number of rotatable bonds is 4. The highest BCUT2D eigenvalue weighted by molar-refractivity contribution is 5.94. The molecular weight excluding hydrogens is 383 g/mol. The number of nitrogens with one attached hydrogen (secondary N) is 1. The fourth-order valence-corrected chi connectivity index (χ4v) is 3.56. The van der Waals surface area contributed by atoms with Crippen LogP contribution < -0.4 is 5.32 Å². The summed E-state index contributed by atoms with van der Waals surface area (Å²) in [5, 5.41) is 11.0. The van der Waals surface area contributed by atoms with Gasteiger partial charge in [-0.15, -0.1) is 10.2 Å². The van der Waals surface area contributed by atoms with Gasteiger partial charge >= 0.3 is 6.18 Å². The van der Waals surface area contributed by atoms with Gasteiger partial charge < -0.3 is 5.32 Å². The van der Waals surface area contributed by atoms with Crippen molar-refractivity contribution < 1.29 is 18.0 Å². The number of halogens is 3. The van der Waals surface area contributed by atoms with Crippen molar-refractivity contribution in [3.05, 3.63) is 65.1 Å². The van der Waals surface area contributed by atoms with E-state index in [0.717, 1.165) is 30.7 Å².